The first kappa shape index (κ1) is 18.8. The zero-order chi connectivity index (χ0) is 19.9. The van der Waals surface area contributed by atoms with Gasteiger partial charge in [-0.05, 0) is 56.2 Å². The summed E-state index contributed by atoms with van der Waals surface area (Å²) in [5, 5.41) is 10.5. The van der Waals surface area contributed by atoms with E-state index in [1.165, 1.54) is 25.0 Å². The van der Waals surface area contributed by atoms with Gasteiger partial charge >= 0.3 is 12.2 Å². The first-order chi connectivity index (χ1) is 13.3. The van der Waals surface area contributed by atoms with Gasteiger partial charge in [-0.15, -0.1) is 5.10 Å². The van der Waals surface area contributed by atoms with Crippen LogP contribution in [0, 0.1) is 5.41 Å². The van der Waals surface area contributed by atoms with Crippen LogP contribution in [-0.2, 0) is 11.0 Å². The Morgan fingerprint density at radius 3 is 2.57 bits per heavy atom. The van der Waals surface area contributed by atoms with E-state index in [1.54, 1.807) is 6.92 Å². The van der Waals surface area contributed by atoms with Gasteiger partial charge in [-0.3, -0.25) is 4.79 Å². The topological polar surface area (TPSA) is 71.3 Å². The molecule has 2 aromatic rings. The molecule has 9 heteroatoms. The molecule has 0 unspecified atom stereocenters. The quantitative estimate of drug-likeness (QED) is 0.850. The van der Waals surface area contributed by atoms with Crippen molar-refractivity contribution in [3.63, 3.8) is 0 Å². The van der Waals surface area contributed by atoms with Gasteiger partial charge in [0, 0.05) is 18.7 Å². The number of carbonyl (C=O) groups excluding carboxylic acids is 1. The number of hydrogen-bond donors (Lipinski definition) is 1. The van der Waals surface area contributed by atoms with Crippen molar-refractivity contribution in [2.75, 3.05) is 18.4 Å². The first-order valence-corrected chi connectivity index (χ1v) is 9.32. The highest BCUT2D eigenvalue weighted by Gasteiger charge is 2.45. The largest absolute Gasteiger partial charge is 0.416 e. The molecular formula is C19H21F3N4O2. The van der Waals surface area contributed by atoms with E-state index in [0.717, 1.165) is 38.1 Å². The number of amides is 1. The predicted octanol–water partition coefficient (Wildman–Crippen LogP) is 3.96. The molecule has 6 nitrogen and oxygen atoms in total. The van der Waals surface area contributed by atoms with Crippen molar-refractivity contribution in [2.24, 2.45) is 5.41 Å². The average Bonchev–Trinajstić information content (AvgIpc) is 3.25. The molecule has 1 aliphatic carbocycles. The minimum Gasteiger partial charge on any atom is -0.403 e. The Morgan fingerprint density at radius 1 is 1.21 bits per heavy atom. The van der Waals surface area contributed by atoms with Crippen LogP contribution in [0.1, 0.15) is 38.2 Å². The molecule has 0 bridgehead atoms. The fourth-order valence-corrected chi connectivity index (χ4v) is 3.63. The smallest absolute Gasteiger partial charge is 0.403 e. The molecule has 2 heterocycles. The lowest BCUT2D eigenvalue weighted by molar-refractivity contribution is -0.137. The molecule has 1 atom stereocenters. The van der Waals surface area contributed by atoms with Crippen LogP contribution in [0.25, 0.3) is 11.5 Å². The van der Waals surface area contributed by atoms with E-state index in [9.17, 15) is 18.0 Å². The van der Waals surface area contributed by atoms with E-state index in [4.69, 9.17) is 4.42 Å². The highest BCUT2D eigenvalue weighted by atomic mass is 19.4. The number of nitrogens with one attached hydrogen (secondary N) is 1. The number of nitrogens with zero attached hydrogens (tertiary/aromatic N) is 3. The third-order valence-corrected chi connectivity index (χ3v) is 5.67. The molecule has 1 aromatic heterocycles. The third-order valence-electron chi connectivity index (χ3n) is 5.67. The van der Waals surface area contributed by atoms with Gasteiger partial charge in [0.15, 0.2) is 0 Å². The summed E-state index contributed by atoms with van der Waals surface area (Å²) in [7, 11) is 0. The number of aromatic nitrogens is 2. The second kappa shape index (κ2) is 6.79. The van der Waals surface area contributed by atoms with E-state index in [0.29, 0.717) is 5.41 Å². The molecule has 1 spiro atoms. The molecule has 2 aliphatic rings. The summed E-state index contributed by atoms with van der Waals surface area (Å²) >= 11 is 0. The second-order valence-corrected chi connectivity index (χ2v) is 7.68. The van der Waals surface area contributed by atoms with Crippen LogP contribution >= 0.6 is 0 Å². The zero-order valence-electron chi connectivity index (χ0n) is 15.4. The van der Waals surface area contributed by atoms with Gasteiger partial charge in [-0.1, -0.05) is 11.2 Å². The van der Waals surface area contributed by atoms with Gasteiger partial charge < -0.3 is 14.6 Å². The van der Waals surface area contributed by atoms with E-state index in [1.807, 2.05) is 4.90 Å². The molecule has 4 rings (SSSR count). The lowest BCUT2D eigenvalue weighted by Gasteiger charge is -2.33. The van der Waals surface area contributed by atoms with Crippen molar-refractivity contribution in [1.82, 2.24) is 15.1 Å². The summed E-state index contributed by atoms with van der Waals surface area (Å²) in [6.07, 6.45) is 0.176. The molecular weight excluding hydrogens is 373 g/mol. The normalized spacial score (nSPS) is 19.5. The fraction of sp³-hybridized carbons (Fsp3) is 0.526. The van der Waals surface area contributed by atoms with Crippen LogP contribution in [0.15, 0.2) is 28.7 Å². The number of likely N-dealkylation sites (tertiary alicyclic amines) is 1. The van der Waals surface area contributed by atoms with E-state index < -0.39 is 17.8 Å². The van der Waals surface area contributed by atoms with E-state index in [-0.39, 0.29) is 23.4 Å². The summed E-state index contributed by atoms with van der Waals surface area (Å²) in [6.45, 7) is 3.21. The van der Waals surface area contributed by atoms with Crippen molar-refractivity contribution < 1.29 is 22.4 Å². The Kier molecular flexibility index (Phi) is 4.55. The highest BCUT2D eigenvalue weighted by molar-refractivity contribution is 5.83. The number of benzene rings is 1. The number of carbonyl (C=O) groups is 1. The molecule has 150 valence electrons. The maximum absolute atomic E-state index is 12.9. The summed E-state index contributed by atoms with van der Waals surface area (Å²) < 4.78 is 44.0. The molecule has 1 N–H and O–H groups in total. The summed E-state index contributed by atoms with van der Waals surface area (Å²) in [5.74, 6) is -0.0868. The van der Waals surface area contributed by atoms with Crippen LogP contribution in [0.3, 0.4) is 0 Å². The maximum atomic E-state index is 12.9. The number of anilines is 1. The standard InChI is InChI=1S/C19H21F3N4O2/c1-12(16(27)26-9-7-18(5-6-18)8-10-26)23-17-25-24-15(28-17)13-3-2-4-14(11-13)19(20,21)22/h2-4,11-12H,5-10H2,1H3,(H,23,25)/t12-/m0/s1. The Hall–Kier alpha value is -2.58. The lowest BCUT2D eigenvalue weighted by atomic mass is 9.93. The number of halogens is 3. The van der Waals surface area contributed by atoms with Crippen molar-refractivity contribution >= 4 is 11.9 Å². The molecule has 1 amide bonds. The minimum absolute atomic E-state index is 0.00364. The fourth-order valence-electron chi connectivity index (χ4n) is 3.63. The molecule has 1 aromatic carbocycles. The minimum atomic E-state index is -4.45. The predicted molar refractivity (Wildman–Crippen MR) is 95.3 cm³/mol. The Bertz CT molecular complexity index is 866. The number of rotatable bonds is 4. The number of piperidine rings is 1. The number of hydrogen-bond acceptors (Lipinski definition) is 5. The maximum Gasteiger partial charge on any atom is 0.416 e. The second-order valence-electron chi connectivity index (χ2n) is 7.68. The van der Waals surface area contributed by atoms with Crippen molar-refractivity contribution in [1.29, 1.82) is 0 Å². The molecule has 1 saturated heterocycles. The van der Waals surface area contributed by atoms with Crippen LogP contribution in [0.5, 0.6) is 0 Å². The van der Waals surface area contributed by atoms with Crippen LogP contribution in [-0.4, -0.2) is 40.1 Å². The Balaban J connectivity index is 1.40. The monoisotopic (exact) mass is 394 g/mol. The van der Waals surface area contributed by atoms with Crippen LogP contribution in [0.4, 0.5) is 19.2 Å². The average molecular weight is 394 g/mol. The van der Waals surface area contributed by atoms with Gasteiger partial charge in [-0.25, -0.2) is 0 Å². The van der Waals surface area contributed by atoms with Crippen molar-refractivity contribution in [3.05, 3.63) is 29.8 Å². The molecule has 28 heavy (non-hydrogen) atoms. The first-order valence-electron chi connectivity index (χ1n) is 9.32. The van der Waals surface area contributed by atoms with Gasteiger partial charge in [0.25, 0.3) is 0 Å². The van der Waals surface area contributed by atoms with Crippen molar-refractivity contribution in [3.8, 4) is 11.5 Å². The summed E-state index contributed by atoms with van der Waals surface area (Å²) in [5.41, 5.74) is -0.139. The van der Waals surface area contributed by atoms with Gasteiger partial charge in [0.1, 0.15) is 6.04 Å². The van der Waals surface area contributed by atoms with Crippen LogP contribution in [0.2, 0.25) is 0 Å². The van der Waals surface area contributed by atoms with Crippen LogP contribution < -0.4 is 5.32 Å². The van der Waals surface area contributed by atoms with Gasteiger partial charge in [-0.2, -0.15) is 13.2 Å². The van der Waals surface area contributed by atoms with Gasteiger partial charge in [0.2, 0.25) is 11.8 Å². The zero-order valence-corrected chi connectivity index (χ0v) is 15.4. The highest BCUT2D eigenvalue weighted by Crippen LogP contribution is 2.53. The number of alkyl halides is 3. The Labute approximate surface area is 160 Å². The SMILES string of the molecule is C[C@H](Nc1nnc(-c2cccc(C(F)(F)F)c2)o1)C(=O)N1CCC2(CC1)CC2. The van der Waals surface area contributed by atoms with Crippen molar-refractivity contribution in [2.45, 2.75) is 44.8 Å². The third kappa shape index (κ3) is 3.83. The van der Waals surface area contributed by atoms with Gasteiger partial charge in [0.05, 0.1) is 5.56 Å². The molecule has 0 radical (unpaired) electrons. The lowest BCUT2D eigenvalue weighted by Crippen LogP contribution is -2.45. The van der Waals surface area contributed by atoms with E-state index >= 15 is 0 Å². The molecule has 2 fully saturated rings. The molecule has 1 aliphatic heterocycles. The van der Waals surface area contributed by atoms with E-state index in [2.05, 4.69) is 15.5 Å². The summed E-state index contributed by atoms with van der Waals surface area (Å²) in [4.78, 5) is 14.5. The summed E-state index contributed by atoms with van der Waals surface area (Å²) in [6, 6.07) is 4.11. The Morgan fingerprint density at radius 2 is 1.93 bits per heavy atom. The molecule has 1 saturated carbocycles.